The Bertz CT molecular complexity index is 539. The van der Waals surface area contributed by atoms with Crippen LogP contribution < -0.4 is 5.32 Å². The van der Waals surface area contributed by atoms with Crippen molar-refractivity contribution in [3.8, 4) is 0 Å². The number of hydrogen-bond acceptors (Lipinski definition) is 6. The number of aliphatic hydroxyl groups excluding tert-OH is 1. The summed E-state index contributed by atoms with van der Waals surface area (Å²) in [5, 5.41) is 12.9. The molecule has 0 spiro atoms. The standard InChI is InChI=1S/C19H34N4O3/c1-4-5-6-16(24)12-22-7-9-23(10-8-22)13-18-21-17(14-26-18)19(25)20-11-15(2)3/h14-16,24H,4-13H2,1-3H3,(H,20,25)/t16-/m0/s1. The van der Waals surface area contributed by atoms with E-state index in [0.29, 0.717) is 30.6 Å². The maximum absolute atomic E-state index is 12.0. The summed E-state index contributed by atoms with van der Waals surface area (Å²) in [4.78, 5) is 20.9. The van der Waals surface area contributed by atoms with Crippen molar-refractivity contribution >= 4 is 5.91 Å². The fraction of sp³-hybridized carbons (Fsp3) is 0.789. The van der Waals surface area contributed by atoms with E-state index in [1.807, 2.05) is 0 Å². The summed E-state index contributed by atoms with van der Waals surface area (Å²) in [6, 6.07) is 0. The van der Waals surface area contributed by atoms with E-state index in [1.54, 1.807) is 0 Å². The van der Waals surface area contributed by atoms with Crippen molar-refractivity contribution in [2.45, 2.75) is 52.7 Å². The van der Waals surface area contributed by atoms with Crippen LogP contribution in [-0.2, 0) is 6.54 Å². The Labute approximate surface area is 156 Å². The minimum absolute atomic E-state index is 0.181. The molecule has 0 bridgehead atoms. The van der Waals surface area contributed by atoms with Crippen LogP contribution in [0.25, 0.3) is 0 Å². The highest BCUT2D eigenvalue weighted by atomic mass is 16.3. The first kappa shape index (κ1) is 20.9. The van der Waals surface area contributed by atoms with Gasteiger partial charge in [-0.1, -0.05) is 33.6 Å². The fourth-order valence-electron chi connectivity index (χ4n) is 3.03. The molecule has 1 amide bonds. The normalized spacial score (nSPS) is 17.6. The molecule has 1 aromatic heterocycles. The van der Waals surface area contributed by atoms with E-state index in [9.17, 15) is 9.90 Å². The van der Waals surface area contributed by atoms with Crippen molar-refractivity contribution in [2.24, 2.45) is 5.92 Å². The zero-order valence-electron chi connectivity index (χ0n) is 16.4. The average molecular weight is 367 g/mol. The van der Waals surface area contributed by atoms with E-state index in [1.165, 1.54) is 6.26 Å². The highest BCUT2D eigenvalue weighted by molar-refractivity contribution is 5.91. The highest BCUT2D eigenvalue weighted by Gasteiger charge is 2.21. The number of unbranched alkanes of at least 4 members (excludes halogenated alkanes) is 1. The highest BCUT2D eigenvalue weighted by Crippen LogP contribution is 2.11. The smallest absolute Gasteiger partial charge is 0.273 e. The van der Waals surface area contributed by atoms with Crippen molar-refractivity contribution in [1.29, 1.82) is 0 Å². The number of aliphatic hydroxyl groups is 1. The molecule has 2 N–H and O–H groups in total. The summed E-state index contributed by atoms with van der Waals surface area (Å²) in [5.41, 5.74) is 0.346. The minimum atomic E-state index is -0.222. The molecular formula is C19H34N4O3. The zero-order chi connectivity index (χ0) is 18.9. The summed E-state index contributed by atoms with van der Waals surface area (Å²) >= 11 is 0. The first-order valence-corrected chi connectivity index (χ1v) is 9.83. The van der Waals surface area contributed by atoms with Crippen LogP contribution in [0.2, 0.25) is 0 Å². The van der Waals surface area contributed by atoms with Crippen LogP contribution in [0.4, 0.5) is 0 Å². The summed E-state index contributed by atoms with van der Waals surface area (Å²) < 4.78 is 5.46. The largest absolute Gasteiger partial charge is 0.447 e. The molecular weight excluding hydrogens is 332 g/mol. The summed E-state index contributed by atoms with van der Waals surface area (Å²) in [5.74, 6) is 0.804. The second-order valence-corrected chi connectivity index (χ2v) is 7.60. The number of nitrogens with one attached hydrogen (secondary N) is 1. The number of oxazole rings is 1. The van der Waals surface area contributed by atoms with Crippen LogP contribution in [0.1, 0.15) is 56.4 Å². The molecule has 2 heterocycles. The molecule has 0 saturated carbocycles. The van der Waals surface area contributed by atoms with Crippen molar-refractivity contribution in [1.82, 2.24) is 20.1 Å². The Kier molecular flexibility index (Phi) is 8.54. The van der Waals surface area contributed by atoms with Crippen molar-refractivity contribution in [3.05, 3.63) is 17.8 Å². The summed E-state index contributed by atoms with van der Waals surface area (Å²) in [6.07, 6.45) is 4.30. The zero-order valence-corrected chi connectivity index (χ0v) is 16.4. The molecule has 0 aliphatic carbocycles. The van der Waals surface area contributed by atoms with Crippen LogP contribution in [0.15, 0.2) is 10.7 Å². The first-order chi connectivity index (χ1) is 12.5. The lowest BCUT2D eigenvalue weighted by molar-refractivity contribution is 0.0627. The van der Waals surface area contributed by atoms with Crippen LogP contribution in [0.3, 0.4) is 0 Å². The number of β-amino-alcohol motifs (C(OH)–C–C–N with tert-alkyl or cyclic N) is 1. The molecule has 1 fully saturated rings. The van der Waals surface area contributed by atoms with Gasteiger partial charge in [0.2, 0.25) is 5.89 Å². The van der Waals surface area contributed by atoms with Gasteiger partial charge in [0.15, 0.2) is 5.69 Å². The molecule has 1 aromatic rings. The van der Waals surface area contributed by atoms with E-state index < -0.39 is 0 Å². The van der Waals surface area contributed by atoms with Crippen LogP contribution in [0.5, 0.6) is 0 Å². The molecule has 1 saturated heterocycles. The van der Waals surface area contributed by atoms with Gasteiger partial charge < -0.3 is 14.8 Å². The number of aromatic nitrogens is 1. The van der Waals surface area contributed by atoms with E-state index in [4.69, 9.17) is 4.42 Å². The monoisotopic (exact) mass is 366 g/mol. The van der Waals surface area contributed by atoms with Crippen molar-refractivity contribution in [3.63, 3.8) is 0 Å². The maximum atomic E-state index is 12.0. The van der Waals surface area contributed by atoms with Gasteiger partial charge in [0, 0.05) is 39.3 Å². The van der Waals surface area contributed by atoms with Gasteiger partial charge in [-0.3, -0.25) is 14.6 Å². The Morgan fingerprint density at radius 3 is 2.65 bits per heavy atom. The van der Waals surface area contributed by atoms with Crippen LogP contribution in [0, 0.1) is 5.92 Å². The van der Waals surface area contributed by atoms with E-state index in [0.717, 1.165) is 52.0 Å². The molecule has 0 unspecified atom stereocenters. The van der Waals surface area contributed by atoms with Crippen molar-refractivity contribution < 1.29 is 14.3 Å². The number of amides is 1. The molecule has 1 aliphatic heterocycles. The van der Waals surface area contributed by atoms with Crippen molar-refractivity contribution in [2.75, 3.05) is 39.3 Å². The first-order valence-electron chi connectivity index (χ1n) is 9.83. The molecule has 148 valence electrons. The van der Waals surface area contributed by atoms with Gasteiger partial charge in [-0.2, -0.15) is 0 Å². The fourth-order valence-corrected chi connectivity index (χ4v) is 3.03. The SMILES string of the molecule is CCCC[C@H](O)CN1CCN(Cc2nc(C(=O)NCC(C)C)co2)CC1. The predicted octanol–water partition coefficient (Wildman–Crippen LogP) is 1.73. The van der Waals surface area contributed by atoms with E-state index >= 15 is 0 Å². The topological polar surface area (TPSA) is 81.8 Å². The van der Waals surface area contributed by atoms with Gasteiger partial charge in [-0.25, -0.2) is 4.98 Å². The lowest BCUT2D eigenvalue weighted by Gasteiger charge is -2.35. The van der Waals surface area contributed by atoms with Crippen LogP contribution >= 0.6 is 0 Å². The third-order valence-corrected chi connectivity index (χ3v) is 4.64. The van der Waals surface area contributed by atoms with Gasteiger partial charge in [0.25, 0.3) is 5.91 Å². The minimum Gasteiger partial charge on any atom is -0.447 e. The molecule has 26 heavy (non-hydrogen) atoms. The third kappa shape index (κ3) is 7.05. The number of carbonyl (C=O) groups excluding carboxylic acids is 1. The number of piperazine rings is 1. The second-order valence-electron chi connectivity index (χ2n) is 7.60. The number of hydrogen-bond donors (Lipinski definition) is 2. The maximum Gasteiger partial charge on any atom is 0.273 e. The molecule has 2 rings (SSSR count). The Morgan fingerprint density at radius 2 is 2.00 bits per heavy atom. The lowest BCUT2D eigenvalue weighted by Crippen LogP contribution is -2.48. The molecule has 1 aliphatic rings. The van der Waals surface area contributed by atoms with E-state index in [-0.39, 0.29) is 12.0 Å². The van der Waals surface area contributed by atoms with Gasteiger partial charge in [0.1, 0.15) is 6.26 Å². The van der Waals surface area contributed by atoms with E-state index in [2.05, 4.69) is 40.9 Å². The molecule has 7 heteroatoms. The third-order valence-electron chi connectivity index (χ3n) is 4.64. The molecule has 0 radical (unpaired) electrons. The quantitative estimate of drug-likeness (QED) is 0.656. The number of carbonyl (C=O) groups is 1. The Hall–Kier alpha value is -1.44. The molecule has 0 aromatic carbocycles. The average Bonchev–Trinajstić information content (AvgIpc) is 3.08. The molecule has 1 atom stereocenters. The lowest BCUT2D eigenvalue weighted by atomic mass is 10.1. The Balaban J connectivity index is 1.71. The van der Waals surface area contributed by atoms with Gasteiger partial charge in [-0.15, -0.1) is 0 Å². The second kappa shape index (κ2) is 10.6. The van der Waals surface area contributed by atoms with Gasteiger partial charge in [0.05, 0.1) is 12.6 Å². The predicted molar refractivity (Wildman–Crippen MR) is 101 cm³/mol. The Morgan fingerprint density at radius 1 is 1.31 bits per heavy atom. The summed E-state index contributed by atoms with van der Waals surface area (Å²) in [7, 11) is 0. The van der Waals surface area contributed by atoms with Gasteiger partial charge >= 0.3 is 0 Å². The van der Waals surface area contributed by atoms with Gasteiger partial charge in [-0.05, 0) is 12.3 Å². The number of rotatable bonds is 10. The number of nitrogens with zero attached hydrogens (tertiary/aromatic N) is 3. The van der Waals surface area contributed by atoms with Crippen LogP contribution in [-0.4, -0.2) is 71.2 Å². The molecule has 7 nitrogen and oxygen atoms in total. The summed E-state index contributed by atoms with van der Waals surface area (Å²) in [6.45, 7) is 12.0.